The molecular weight excluding hydrogens is 636 g/mol. The van der Waals surface area contributed by atoms with E-state index >= 15 is 0 Å². The van der Waals surface area contributed by atoms with Gasteiger partial charge in [0.25, 0.3) is 0 Å². The van der Waals surface area contributed by atoms with E-state index in [-0.39, 0.29) is 43.7 Å². The van der Waals surface area contributed by atoms with E-state index in [1.165, 1.54) is 4.90 Å². The van der Waals surface area contributed by atoms with Crippen LogP contribution in [0.2, 0.25) is 0 Å². The fraction of sp³-hybridized carbons (Fsp3) is 0.462. The molecule has 2 N–H and O–H groups in total. The molecule has 3 amide bonds. The molecule has 1 saturated heterocycles. The molecule has 2 fully saturated rings. The van der Waals surface area contributed by atoms with Gasteiger partial charge in [0.2, 0.25) is 17.7 Å². The van der Waals surface area contributed by atoms with Gasteiger partial charge in [-0.15, -0.1) is 0 Å². The Labute approximate surface area is 292 Å². The number of hydrogen-bond acceptors (Lipinski definition) is 8. The highest BCUT2D eigenvalue weighted by atomic mass is 16.5. The zero-order valence-corrected chi connectivity index (χ0v) is 29.4. The van der Waals surface area contributed by atoms with Gasteiger partial charge >= 0.3 is 5.97 Å². The third-order valence-corrected chi connectivity index (χ3v) is 9.75. The molecule has 11 nitrogen and oxygen atoms in total. The van der Waals surface area contributed by atoms with Crippen LogP contribution in [0.15, 0.2) is 66.7 Å². The molecule has 264 valence electrons. The largest absolute Gasteiger partial charge is 0.497 e. The molecular formula is C39H46N4O7. The Bertz CT molecular complexity index is 1800. The topological polar surface area (TPSA) is 136 Å². The number of amides is 3. The van der Waals surface area contributed by atoms with Crippen LogP contribution in [0, 0.1) is 11.3 Å². The number of aromatic nitrogens is 1. The predicted molar refractivity (Wildman–Crippen MR) is 188 cm³/mol. The Morgan fingerprint density at radius 3 is 2.58 bits per heavy atom. The second kappa shape index (κ2) is 14.1. The van der Waals surface area contributed by atoms with E-state index in [1.807, 2.05) is 87.5 Å². The molecule has 0 radical (unpaired) electrons. The molecule has 0 spiro atoms. The summed E-state index contributed by atoms with van der Waals surface area (Å²) in [5.41, 5.74) is 0.403. The molecule has 0 bridgehead atoms. The lowest BCUT2D eigenvalue weighted by atomic mass is 9.85. The van der Waals surface area contributed by atoms with Crippen LogP contribution < -0.4 is 20.1 Å². The maximum Gasteiger partial charge on any atom is 0.332 e. The Kier molecular flexibility index (Phi) is 9.87. The van der Waals surface area contributed by atoms with Gasteiger partial charge in [0.05, 0.1) is 31.5 Å². The summed E-state index contributed by atoms with van der Waals surface area (Å²) in [4.78, 5) is 61.5. The number of nitrogens with one attached hydrogen (secondary N) is 2. The minimum Gasteiger partial charge on any atom is -0.497 e. The Hall–Kier alpha value is -4.93. The van der Waals surface area contributed by atoms with Gasteiger partial charge in [-0.05, 0) is 43.7 Å². The molecule has 3 aromatic rings. The van der Waals surface area contributed by atoms with E-state index < -0.39 is 41.0 Å². The van der Waals surface area contributed by atoms with Crippen molar-refractivity contribution in [2.24, 2.45) is 11.3 Å². The number of ether oxygens (including phenoxy) is 3. The van der Waals surface area contributed by atoms with Crippen molar-refractivity contribution in [3.05, 3.63) is 66.7 Å². The van der Waals surface area contributed by atoms with Crippen LogP contribution in [-0.4, -0.2) is 77.6 Å². The number of benzene rings is 2. The Morgan fingerprint density at radius 1 is 1.08 bits per heavy atom. The van der Waals surface area contributed by atoms with E-state index in [9.17, 15) is 19.2 Å². The predicted octanol–water partition coefficient (Wildman–Crippen LogP) is 4.97. The van der Waals surface area contributed by atoms with Crippen molar-refractivity contribution in [2.45, 2.75) is 83.5 Å². The summed E-state index contributed by atoms with van der Waals surface area (Å²) >= 11 is 0. The quantitative estimate of drug-likeness (QED) is 0.275. The van der Waals surface area contributed by atoms with E-state index in [1.54, 1.807) is 14.0 Å². The molecule has 3 heterocycles. The summed E-state index contributed by atoms with van der Waals surface area (Å²) < 4.78 is 17.6. The van der Waals surface area contributed by atoms with Gasteiger partial charge in [-0.3, -0.25) is 14.4 Å². The molecule has 2 aromatic carbocycles. The maximum atomic E-state index is 14.5. The van der Waals surface area contributed by atoms with Crippen molar-refractivity contribution < 1.29 is 33.4 Å². The molecule has 1 aromatic heterocycles. The van der Waals surface area contributed by atoms with Crippen LogP contribution >= 0.6 is 0 Å². The smallest absolute Gasteiger partial charge is 0.332 e. The molecule has 11 heteroatoms. The highest BCUT2D eigenvalue weighted by Gasteiger charge is 2.62. The number of carbonyl (C=O) groups excluding carboxylic acids is 4. The van der Waals surface area contributed by atoms with Crippen molar-refractivity contribution in [3.63, 3.8) is 0 Å². The summed E-state index contributed by atoms with van der Waals surface area (Å²) in [6.45, 7) is 7.66. The van der Waals surface area contributed by atoms with E-state index in [0.717, 1.165) is 10.9 Å². The minimum absolute atomic E-state index is 0.0930. The third-order valence-electron chi connectivity index (χ3n) is 9.75. The lowest BCUT2D eigenvalue weighted by Gasteiger charge is -2.35. The van der Waals surface area contributed by atoms with E-state index in [0.29, 0.717) is 42.0 Å². The van der Waals surface area contributed by atoms with Gasteiger partial charge in [0.15, 0.2) is 0 Å². The number of pyridine rings is 1. The van der Waals surface area contributed by atoms with Crippen molar-refractivity contribution in [3.8, 4) is 22.8 Å². The number of methoxy groups -OCH3 is 1. The highest BCUT2D eigenvalue weighted by molar-refractivity contribution is 5.97. The average molecular weight is 683 g/mol. The molecule has 3 aliphatic rings. The summed E-state index contributed by atoms with van der Waals surface area (Å²) in [5, 5.41) is 6.73. The second-order valence-corrected chi connectivity index (χ2v) is 14.4. The first-order valence-electron chi connectivity index (χ1n) is 17.4. The number of hydrogen-bond donors (Lipinski definition) is 2. The summed E-state index contributed by atoms with van der Waals surface area (Å²) in [6.07, 6.45) is 5.30. The summed E-state index contributed by atoms with van der Waals surface area (Å²) in [7, 11) is 1.60. The molecule has 6 rings (SSSR count). The van der Waals surface area contributed by atoms with Crippen molar-refractivity contribution >= 4 is 34.6 Å². The normalized spacial score (nSPS) is 26.4. The zero-order chi connectivity index (χ0) is 35.6. The van der Waals surface area contributed by atoms with Gasteiger partial charge in [0.1, 0.15) is 35.2 Å². The first kappa shape index (κ1) is 34.9. The molecule has 50 heavy (non-hydrogen) atoms. The van der Waals surface area contributed by atoms with Crippen molar-refractivity contribution in [1.82, 2.24) is 20.5 Å². The lowest BCUT2D eigenvalue weighted by molar-refractivity contribution is -0.150. The SMILES string of the molecule is CCOC(=O)[C@@]12C[C@@H]1/C=C\CCCC(=O)N[C@@H](C(C)(C)C)C(=O)N1C[C@H](Oc3cc(-c4ccccc4)nc4cc(OC)ccc34)CC1C(=O)N2. The third kappa shape index (κ3) is 7.18. The van der Waals surface area contributed by atoms with Gasteiger partial charge < -0.3 is 29.7 Å². The van der Waals surface area contributed by atoms with Crippen molar-refractivity contribution in [2.75, 3.05) is 20.3 Å². The van der Waals surface area contributed by atoms with Crippen LogP contribution in [0.4, 0.5) is 0 Å². The van der Waals surface area contributed by atoms with Gasteiger partial charge in [0, 0.05) is 41.8 Å². The zero-order valence-electron chi connectivity index (χ0n) is 29.4. The molecule has 2 aliphatic heterocycles. The van der Waals surface area contributed by atoms with Gasteiger partial charge in [-0.2, -0.15) is 0 Å². The van der Waals surface area contributed by atoms with Gasteiger partial charge in [-0.25, -0.2) is 9.78 Å². The highest BCUT2D eigenvalue weighted by Crippen LogP contribution is 2.46. The Balaban J connectivity index is 1.37. The van der Waals surface area contributed by atoms with E-state index in [4.69, 9.17) is 19.2 Å². The minimum atomic E-state index is -1.21. The number of carbonyl (C=O) groups is 4. The molecule has 5 atom stereocenters. The number of nitrogens with zero attached hydrogens (tertiary/aromatic N) is 2. The number of esters is 1. The van der Waals surface area contributed by atoms with Crippen molar-refractivity contribution in [1.29, 1.82) is 0 Å². The number of fused-ring (bicyclic) bond motifs is 3. The van der Waals surface area contributed by atoms with Crippen LogP contribution in [0.5, 0.6) is 11.5 Å². The molecule has 1 saturated carbocycles. The molecule has 1 aliphatic carbocycles. The van der Waals surface area contributed by atoms with Gasteiger partial charge in [-0.1, -0.05) is 63.3 Å². The van der Waals surface area contributed by atoms with Crippen LogP contribution in [0.1, 0.15) is 59.8 Å². The standard InChI is InChI=1S/C39H46N4O7/c1-6-49-37(47)39-22-25(39)15-11-8-12-16-33(44)41-34(38(2,3)4)36(46)43-23-27(20-31(43)35(45)42-39)50-32-21-29(24-13-9-7-10-14-24)40-30-19-26(48-5)17-18-28(30)32/h7,9-11,13-15,17-19,21,25,27,31,34H,6,8,12,16,20,22-23H2,1-5H3,(H,41,44)(H,42,45)/b15-11-/t25-,27+,31?,34+,39+/m0/s1. The van der Waals surface area contributed by atoms with Crippen LogP contribution in [0.3, 0.4) is 0 Å². The van der Waals surface area contributed by atoms with E-state index in [2.05, 4.69) is 10.6 Å². The first-order valence-corrected chi connectivity index (χ1v) is 17.4. The van der Waals surface area contributed by atoms with Crippen LogP contribution in [-0.2, 0) is 23.9 Å². The summed E-state index contributed by atoms with van der Waals surface area (Å²) in [6, 6.07) is 15.3. The monoisotopic (exact) mass is 682 g/mol. The lowest BCUT2D eigenvalue weighted by Crippen LogP contribution is -2.59. The maximum absolute atomic E-state index is 14.5. The number of rotatable bonds is 6. The van der Waals surface area contributed by atoms with Crippen LogP contribution in [0.25, 0.3) is 22.2 Å². The fourth-order valence-electron chi connectivity index (χ4n) is 6.91. The number of allylic oxidation sites excluding steroid dienone is 1. The summed E-state index contributed by atoms with van der Waals surface area (Å²) in [5.74, 6) is -0.613. The molecule has 1 unspecified atom stereocenters. The second-order valence-electron chi connectivity index (χ2n) is 14.4. The fourth-order valence-corrected chi connectivity index (χ4v) is 6.91. The Morgan fingerprint density at radius 2 is 1.86 bits per heavy atom. The first-order chi connectivity index (χ1) is 23.9. The average Bonchev–Trinajstić information content (AvgIpc) is 3.62.